The molecular formula is C22H19ClN4O. The van der Waals surface area contributed by atoms with Crippen molar-refractivity contribution in [3.63, 3.8) is 0 Å². The van der Waals surface area contributed by atoms with E-state index in [2.05, 4.69) is 44.9 Å². The average Bonchev–Trinajstić information content (AvgIpc) is 3.28. The van der Waals surface area contributed by atoms with Crippen LogP contribution in [0.15, 0.2) is 72.8 Å². The molecule has 140 valence electrons. The van der Waals surface area contributed by atoms with Crippen molar-refractivity contribution >= 4 is 11.6 Å². The van der Waals surface area contributed by atoms with E-state index < -0.39 is 0 Å². The van der Waals surface area contributed by atoms with Gasteiger partial charge in [-0.1, -0.05) is 66.2 Å². The molecule has 1 N–H and O–H groups in total. The molecule has 0 unspecified atom stereocenters. The number of aromatic amines is 1. The van der Waals surface area contributed by atoms with Gasteiger partial charge < -0.3 is 4.74 Å². The van der Waals surface area contributed by atoms with E-state index in [1.165, 1.54) is 5.56 Å². The number of rotatable bonds is 7. The molecule has 0 atom stereocenters. The molecule has 0 radical (unpaired) electrons. The van der Waals surface area contributed by atoms with Crippen molar-refractivity contribution in [1.29, 1.82) is 0 Å². The quantitative estimate of drug-likeness (QED) is 0.488. The summed E-state index contributed by atoms with van der Waals surface area (Å²) in [5.74, 6) is 1.44. The molecule has 3 aromatic carbocycles. The standard InChI is InChI=1S/C22H19ClN4O/c23-20-12-13-21(19(14-20)11-6-16-4-2-1-3-5-16)28-15-17-7-9-18(10-8-17)22-24-26-27-25-22/h1-5,7-10,12-14H,6,11,15H2,(H,24,25,26,27). The van der Waals surface area contributed by atoms with Crippen molar-refractivity contribution in [3.05, 3.63) is 94.5 Å². The third-order valence-corrected chi connectivity index (χ3v) is 4.74. The Morgan fingerprint density at radius 1 is 0.857 bits per heavy atom. The number of nitrogens with one attached hydrogen (secondary N) is 1. The molecule has 0 amide bonds. The van der Waals surface area contributed by atoms with E-state index in [4.69, 9.17) is 16.3 Å². The molecule has 5 nitrogen and oxygen atoms in total. The van der Waals surface area contributed by atoms with Gasteiger partial charge >= 0.3 is 0 Å². The van der Waals surface area contributed by atoms with Gasteiger partial charge in [0, 0.05) is 10.6 Å². The normalized spacial score (nSPS) is 10.8. The van der Waals surface area contributed by atoms with Gasteiger partial charge in [0.05, 0.1) is 0 Å². The molecular weight excluding hydrogens is 372 g/mol. The minimum absolute atomic E-state index is 0.479. The summed E-state index contributed by atoms with van der Waals surface area (Å²) in [5.41, 5.74) is 4.38. The van der Waals surface area contributed by atoms with Crippen molar-refractivity contribution in [3.8, 4) is 17.1 Å². The Balaban J connectivity index is 1.43. The fraction of sp³-hybridized carbons (Fsp3) is 0.136. The number of tetrazole rings is 1. The third kappa shape index (κ3) is 4.56. The molecule has 0 saturated heterocycles. The third-order valence-electron chi connectivity index (χ3n) is 4.50. The summed E-state index contributed by atoms with van der Waals surface area (Å²) in [6.45, 7) is 0.479. The molecule has 0 aliphatic rings. The first-order valence-electron chi connectivity index (χ1n) is 9.06. The van der Waals surface area contributed by atoms with E-state index in [9.17, 15) is 0 Å². The smallest absolute Gasteiger partial charge is 0.204 e. The Morgan fingerprint density at radius 3 is 2.43 bits per heavy atom. The van der Waals surface area contributed by atoms with Gasteiger partial charge in [0.2, 0.25) is 5.82 Å². The minimum atomic E-state index is 0.479. The van der Waals surface area contributed by atoms with Gasteiger partial charge in [-0.25, -0.2) is 0 Å². The number of aryl methyl sites for hydroxylation is 2. The molecule has 1 heterocycles. The predicted molar refractivity (Wildman–Crippen MR) is 109 cm³/mol. The summed E-state index contributed by atoms with van der Waals surface area (Å²) in [4.78, 5) is 0. The number of aromatic nitrogens is 4. The second kappa shape index (κ2) is 8.67. The highest BCUT2D eigenvalue weighted by atomic mass is 35.5. The van der Waals surface area contributed by atoms with E-state index in [1.54, 1.807) is 0 Å². The number of hydrogen-bond donors (Lipinski definition) is 1. The number of nitrogens with zero attached hydrogens (tertiary/aromatic N) is 3. The molecule has 0 bridgehead atoms. The SMILES string of the molecule is Clc1ccc(OCc2ccc(-c3nn[nH]n3)cc2)c(CCc2ccccc2)c1. The molecule has 0 aliphatic carbocycles. The number of hydrogen-bond acceptors (Lipinski definition) is 4. The van der Waals surface area contributed by atoms with Crippen LogP contribution in [0.2, 0.25) is 5.02 Å². The van der Waals surface area contributed by atoms with Crippen LogP contribution in [0.5, 0.6) is 5.75 Å². The lowest BCUT2D eigenvalue weighted by Crippen LogP contribution is -2.00. The van der Waals surface area contributed by atoms with Crippen molar-refractivity contribution in [1.82, 2.24) is 20.6 Å². The van der Waals surface area contributed by atoms with Crippen molar-refractivity contribution < 1.29 is 4.74 Å². The number of halogens is 1. The Kier molecular flexibility index (Phi) is 5.64. The first kappa shape index (κ1) is 18.2. The first-order chi connectivity index (χ1) is 13.8. The van der Waals surface area contributed by atoms with Crippen molar-refractivity contribution in [2.45, 2.75) is 19.4 Å². The second-order valence-corrected chi connectivity index (χ2v) is 6.90. The van der Waals surface area contributed by atoms with Gasteiger partial charge in [0.25, 0.3) is 0 Å². The zero-order valence-electron chi connectivity index (χ0n) is 15.2. The zero-order chi connectivity index (χ0) is 19.2. The van der Waals surface area contributed by atoms with Crippen LogP contribution in [0, 0.1) is 0 Å². The maximum absolute atomic E-state index is 6.21. The maximum Gasteiger partial charge on any atom is 0.204 e. The van der Waals surface area contributed by atoms with Crippen LogP contribution in [0.25, 0.3) is 11.4 Å². The maximum atomic E-state index is 6.21. The van der Waals surface area contributed by atoms with Crippen LogP contribution in [0.4, 0.5) is 0 Å². The Hall–Kier alpha value is -3.18. The summed E-state index contributed by atoms with van der Waals surface area (Å²) in [6, 6.07) is 24.1. The van der Waals surface area contributed by atoms with E-state index in [-0.39, 0.29) is 0 Å². The summed E-state index contributed by atoms with van der Waals surface area (Å²) in [5, 5.41) is 14.7. The first-order valence-corrected chi connectivity index (χ1v) is 9.43. The summed E-state index contributed by atoms with van der Waals surface area (Å²) in [6.07, 6.45) is 1.81. The second-order valence-electron chi connectivity index (χ2n) is 6.46. The monoisotopic (exact) mass is 390 g/mol. The highest BCUT2D eigenvalue weighted by Crippen LogP contribution is 2.26. The van der Waals surface area contributed by atoms with Gasteiger partial charge in [0.1, 0.15) is 12.4 Å². The van der Waals surface area contributed by atoms with E-state index in [1.807, 2.05) is 48.5 Å². The Labute approximate surface area is 168 Å². The molecule has 4 aromatic rings. The predicted octanol–water partition coefficient (Wildman–Crippen LogP) is 4.88. The number of ether oxygens (including phenoxy) is 1. The van der Waals surface area contributed by atoms with E-state index >= 15 is 0 Å². The van der Waals surface area contributed by atoms with Gasteiger partial charge in [-0.05, 0) is 52.9 Å². The molecule has 6 heteroatoms. The fourth-order valence-corrected chi connectivity index (χ4v) is 3.20. The highest BCUT2D eigenvalue weighted by Gasteiger charge is 2.07. The summed E-state index contributed by atoms with van der Waals surface area (Å²) >= 11 is 6.21. The lowest BCUT2D eigenvalue weighted by atomic mass is 10.0. The lowest BCUT2D eigenvalue weighted by Gasteiger charge is -2.12. The zero-order valence-corrected chi connectivity index (χ0v) is 15.9. The van der Waals surface area contributed by atoms with Crippen LogP contribution < -0.4 is 4.74 Å². The molecule has 4 rings (SSSR count). The molecule has 0 fully saturated rings. The molecule has 0 saturated carbocycles. The van der Waals surface area contributed by atoms with Crippen LogP contribution >= 0.6 is 11.6 Å². The molecule has 28 heavy (non-hydrogen) atoms. The Bertz CT molecular complexity index is 1020. The summed E-state index contributed by atoms with van der Waals surface area (Å²) in [7, 11) is 0. The lowest BCUT2D eigenvalue weighted by molar-refractivity contribution is 0.303. The van der Waals surface area contributed by atoms with Gasteiger partial charge in [-0.3, -0.25) is 0 Å². The molecule has 0 spiro atoms. The van der Waals surface area contributed by atoms with Crippen molar-refractivity contribution in [2.75, 3.05) is 0 Å². The largest absolute Gasteiger partial charge is 0.489 e. The summed E-state index contributed by atoms with van der Waals surface area (Å²) < 4.78 is 6.09. The Morgan fingerprint density at radius 2 is 1.68 bits per heavy atom. The topological polar surface area (TPSA) is 63.7 Å². The van der Waals surface area contributed by atoms with E-state index in [0.717, 1.165) is 40.3 Å². The highest BCUT2D eigenvalue weighted by molar-refractivity contribution is 6.30. The fourth-order valence-electron chi connectivity index (χ4n) is 3.00. The van der Waals surface area contributed by atoms with Crippen molar-refractivity contribution in [2.24, 2.45) is 0 Å². The molecule has 1 aromatic heterocycles. The van der Waals surface area contributed by atoms with Crippen LogP contribution in [-0.4, -0.2) is 20.6 Å². The van der Waals surface area contributed by atoms with Gasteiger partial charge in [0.15, 0.2) is 0 Å². The van der Waals surface area contributed by atoms with Gasteiger partial charge in [-0.2, -0.15) is 5.21 Å². The van der Waals surface area contributed by atoms with Crippen LogP contribution in [0.3, 0.4) is 0 Å². The average molecular weight is 391 g/mol. The van der Waals surface area contributed by atoms with Crippen LogP contribution in [0.1, 0.15) is 16.7 Å². The van der Waals surface area contributed by atoms with Gasteiger partial charge in [-0.15, -0.1) is 10.2 Å². The number of H-pyrrole nitrogens is 1. The number of benzene rings is 3. The molecule has 0 aliphatic heterocycles. The van der Waals surface area contributed by atoms with E-state index in [0.29, 0.717) is 12.4 Å². The minimum Gasteiger partial charge on any atom is -0.489 e. The van der Waals surface area contributed by atoms with Crippen LogP contribution in [-0.2, 0) is 19.4 Å².